The smallest absolute Gasteiger partial charge is 0.228 e. The van der Waals surface area contributed by atoms with Crippen LogP contribution in [0.4, 0.5) is 5.69 Å². The number of thioether (sulfide) groups is 1. The maximum atomic E-state index is 13.0. The van der Waals surface area contributed by atoms with Crippen LogP contribution < -0.4 is 9.64 Å². The summed E-state index contributed by atoms with van der Waals surface area (Å²) < 4.78 is 5.24. The third-order valence-electron chi connectivity index (χ3n) is 4.34. The van der Waals surface area contributed by atoms with Crippen molar-refractivity contribution in [3.05, 3.63) is 54.1 Å². The minimum absolute atomic E-state index is 0.115. The lowest BCUT2D eigenvalue weighted by molar-refractivity contribution is -0.118. The van der Waals surface area contributed by atoms with E-state index in [-0.39, 0.29) is 11.2 Å². The van der Waals surface area contributed by atoms with Gasteiger partial charge in [-0.15, -0.1) is 11.8 Å². The van der Waals surface area contributed by atoms with Gasteiger partial charge >= 0.3 is 0 Å². The molecule has 0 unspecified atom stereocenters. The molecule has 5 heteroatoms. The van der Waals surface area contributed by atoms with Gasteiger partial charge in [0.15, 0.2) is 0 Å². The van der Waals surface area contributed by atoms with Crippen molar-refractivity contribution in [1.29, 1.82) is 0 Å². The van der Waals surface area contributed by atoms with E-state index in [1.807, 2.05) is 49.3 Å². The third-order valence-corrected chi connectivity index (χ3v) is 5.67. The highest BCUT2D eigenvalue weighted by molar-refractivity contribution is 7.99. The topological polar surface area (TPSA) is 32.8 Å². The first-order valence-corrected chi connectivity index (χ1v) is 9.31. The summed E-state index contributed by atoms with van der Waals surface area (Å²) in [4.78, 5) is 18.2. The molecule has 1 aliphatic heterocycles. The molecule has 3 rings (SSSR count). The Labute approximate surface area is 153 Å². The lowest BCUT2D eigenvalue weighted by Crippen LogP contribution is -2.36. The highest BCUT2D eigenvalue weighted by Gasteiger charge is 2.29. The summed E-state index contributed by atoms with van der Waals surface area (Å²) in [7, 11) is 5.73. The first-order chi connectivity index (χ1) is 12.1. The Morgan fingerprint density at radius 2 is 1.88 bits per heavy atom. The Balaban J connectivity index is 1.90. The van der Waals surface area contributed by atoms with Gasteiger partial charge in [0.25, 0.3) is 0 Å². The van der Waals surface area contributed by atoms with Crippen LogP contribution in [-0.4, -0.2) is 45.1 Å². The fourth-order valence-electron chi connectivity index (χ4n) is 2.93. The molecule has 0 radical (unpaired) electrons. The number of carbonyl (C=O) groups is 1. The number of fused-ring (bicyclic) bond motifs is 1. The summed E-state index contributed by atoms with van der Waals surface area (Å²) in [6, 6.07) is 16.2. The lowest BCUT2D eigenvalue weighted by Gasteiger charge is -2.24. The molecule has 1 aliphatic rings. The standard InChI is InChI=1S/C20H24N2O2S/c1-21(2)12-13-22-17-6-4-5-7-18(17)25-19(14-20(22)23)15-8-10-16(24-3)11-9-15/h4-11,19H,12-14H2,1-3H3/t19-/m1/s1. The Kier molecular flexibility index (Phi) is 5.66. The average Bonchev–Trinajstić information content (AvgIpc) is 2.76. The predicted octanol–water partition coefficient (Wildman–Crippen LogP) is 3.83. The summed E-state index contributed by atoms with van der Waals surface area (Å²) in [5, 5.41) is 0.115. The second kappa shape index (κ2) is 7.93. The number of ether oxygens (including phenoxy) is 1. The van der Waals surface area contributed by atoms with Crippen molar-refractivity contribution in [3.8, 4) is 5.75 Å². The van der Waals surface area contributed by atoms with Crippen molar-refractivity contribution >= 4 is 23.4 Å². The van der Waals surface area contributed by atoms with Crippen molar-refractivity contribution < 1.29 is 9.53 Å². The van der Waals surface area contributed by atoms with Crippen molar-refractivity contribution in [2.75, 3.05) is 39.2 Å². The zero-order valence-corrected chi connectivity index (χ0v) is 15.8. The molecule has 0 aromatic heterocycles. The quantitative estimate of drug-likeness (QED) is 0.815. The van der Waals surface area contributed by atoms with Crippen LogP contribution in [0, 0.1) is 0 Å². The molecule has 2 aromatic carbocycles. The Hall–Kier alpha value is -1.98. The zero-order valence-electron chi connectivity index (χ0n) is 14.9. The fraction of sp³-hybridized carbons (Fsp3) is 0.350. The molecule has 0 spiro atoms. The molecule has 1 heterocycles. The first-order valence-electron chi connectivity index (χ1n) is 8.43. The van der Waals surface area contributed by atoms with Crippen LogP contribution in [0.3, 0.4) is 0 Å². The Morgan fingerprint density at radius 3 is 2.56 bits per heavy atom. The average molecular weight is 356 g/mol. The molecule has 2 aromatic rings. The van der Waals surface area contributed by atoms with Crippen molar-refractivity contribution in [2.45, 2.75) is 16.6 Å². The number of hydrogen-bond acceptors (Lipinski definition) is 4. The largest absolute Gasteiger partial charge is 0.497 e. The summed E-state index contributed by atoms with van der Waals surface area (Å²) >= 11 is 1.77. The van der Waals surface area contributed by atoms with Crippen LogP contribution in [0.25, 0.3) is 0 Å². The van der Waals surface area contributed by atoms with Gasteiger partial charge in [-0.05, 0) is 43.9 Å². The van der Waals surface area contributed by atoms with E-state index in [0.717, 1.165) is 28.4 Å². The molecule has 1 atom stereocenters. The van der Waals surface area contributed by atoms with E-state index in [9.17, 15) is 4.79 Å². The number of amides is 1. The van der Waals surface area contributed by atoms with Gasteiger partial charge in [-0.25, -0.2) is 0 Å². The van der Waals surface area contributed by atoms with Crippen LogP contribution >= 0.6 is 11.8 Å². The van der Waals surface area contributed by atoms with E-state index in [2.05, 4.69) is 23.1 Å². The molecule has 0 N–H and O–H groups in total. The molecule has 0 aliphatic carbocycles. The summed E-state index contributed by atoms with van der Waals surface area (Å²) in [6.45, 7) is 1.55. The van der Waals surface area contributed by atoms with Crippen LogP contribution in [0.1, 0.15) is 17.2 Å². The minimum atomic E-state index is 0.115. The predicted molar refractivity (Wildman–Crippen MR) is 104 cm³/mol. The molecule has 0 saturated heterocycles. The number of carbonyl (C=O) groups excluding carboxylic acids is 1. The first kappa shape index (κ1) is 17.8. The fourth-order valence-corrected chi connectivity index (χ4v) is 4.21. The van der Waals surface area contributed by atoms with Gasteiger partial charge in [0.1, 0.15) is 5.75 Å². The van der Waals surface area contributed by atoms with E-state index in [0.29, 0.717) is 13.0 Å². The molecule has 4 nitrogen and oxygen atoms in total. The molecule has 0 saturated carbocycles. The normalized spacial score (nSPS) is 17.4. The highest BCUT2D eigenvalue weighted by atomic mass is 32.2. The second-order valence-electron chi connectivity index (χ2n) is 6.40. The maximum absolute atomic E-state index is 13.0. The molecule has 0 fully saturated rings. The number of nitrogens with zero attached hydrogens (tertiary/aromatic N) is 2. The number of anilines is 1. The number of methoxy groups -OCH3 is 1. The van der Waals surface area contributed by atoms with Gasteiger partial charge < -0.3 is 14.5 Å². The van der Waals surface area contributed by atoms with Gasteiger partial charge in [-0.3, -0.25) is 4.79 Å². The maximum Gasteiger partial charge on any atom is 0.228 e. The van der Waals surface area contributed by atoms with Gasteiger partial charge in [-0.2, -0.15) is 0 Å². The van der Waals surface area contributed by atoms with Gasteiger partial charge in [-0.1, -0.05) is 24.3 Å². The van der Waals surface area contributed by atoms with Crippen LogP contribution in [0.15, 0.2) is 53.4 Å². The lowest BCUT2D eigenvalue weighted by atomic mass is 10.1. The molecule has 25 heavy (non-hydrogen) atoms. The molecule has 1 amide bonds. The van der Waals surface area contributed by atoms with E-state index in [1.54, 1.807) is 18.9 Å². The number of para-hydroxylation sites is 1. The zero-order chi connectivity index (χ0) is 17.8. The van der Waals surface area contributed by atoms with Crippen molar-refractivity contribution in [1.82, 2.24) is 4.90 Å². The van der Waals surface area contributed by atoms with E-state index >= 15 is 0 Å². The van der Waals surface area contributed by atoms with E-state index in [1.165, 1.54) is 0 Å². The monoisotopic (exact) mass is 356 g/mol. The Morgan fingerprint density at radius 1 is 1.16 bits per heavy atom. The number of rotatable bonds is 5. The van der Waals surface area contributed by atoms with Gasteiger partial charge in [0, 0.05) is 29.7 Å². The SMILES string of the molecule is COc1ccc([C@H]2CC(=O)N(CCN(C)C)c3ccccc3S2)cc1. The minimum Gasteiger partial charge on any atom is -0.497 e. The van der Waals surface area contributed by atoms with Crippen LogP contribution in [-0.2, 0) is 4.79 Å². The summed E-state index contributed by atoms with van der Waals surface area (Å²) in [5.74, 6) is 1.02. The molecule has 132 valence electrons. The highest BCUT2D eigenvalue weighted by Crippen LogP contribution is 2.45. The van der Waals surface area contributed by atoms with Gasteiger partial charge in [0.05, 0.1) is 12.8 Å². The number of hydrogen-bond donors (Lipinski definition) is 0. The van der Waals surface area contributed by atoms with Gasteiger partial charge in [0.2, 0.25) is 5.91 Å². The summed E-state index contributed by atoms with van der Waals surface area (Å²) in [5.41, 5.74) is 2.18. The second-order valence-corrected chi connectivity index (χ2v) is 7.64. The van der Waals surface area contributed by atoms with Crippen molar-refractivity contribution in [3.63, 3.8) is 0 Å². The molecular formula is C20H24N2O2S. The van der Waals surface area contributed by atoms with E-state index < -0.39 is 0 Å². The number of likely N-dealkylation sites (N-methyl/N-ethyl adjacent to an activating group) is 1. The van der Waals surface area contributed by atoms with E-state index in [4.69, 9.17) is 4.74 Å². The summed E-state index contributed by atoms with van der Waals surface area (Å²) in [6.07, 6.45) is 0.499. The van der Waals surface area contributed by atoms with Crippen LogP contribution in [0.5, 0.6) is 5.75 Å². The van der Waals surface area contributed by atoms with Crippen LogP contribution in [0.2, 0.25) is 0 Å². The molecular weight excluding hydrogens is 332 g/mol. The van der Waals surface area contributed by atoms with Crippen molar-refractivity contribution in [2.24, 2.45) is 0 Å². The molecule has 0 bridgehead atoms. The third kappa shape index (κ3) is 4.17. The number of benzene rings is 2. The Bertz CT molecular complexity index is 731.